The summed E-state index contributed by atoms with van der Waals surface area (Å²) in [7, 11) is 0. The van der Waals surface area contributed by atoms with Crippen molar-refractivity contribution in [1.82, 2.24) is 13.3 Å². The third-order valence-electron chi connectivity index (χ3n) is 5.87. The highest BCUT2D eigenvalue weighted by Gasteiger charge is 2.26. The van der Waals surface area contributed by atoms with Gasteiger partial charge in [-0.3, -0.25) is 8.32 Å². The SMILES string of the molecule is CC1CCN(C2CCN(CCCCCOCCOCC(=O)NI)CC2)CC1. The number of halogens is 1. The molecule has 0 atom stereocenters. The largest absolute Gasteiger partial charge is 0.379 e. The highest BCUT2D eigenvalue weighted by molar-refractivity contribution is 14.1. The molecule has 0 aromatic rings. The number of hydrogen-bond acceptors (Lipinski definition) is 5. The lowest BCUT2D eigenvalue weighted by Crippen LogP contribution is -2.47. The number of amides is 1. The lowest BCUT2D eigenvalue weighted by molar-refractivity contribution is -0.123. The van der Waals surface area contributed by atoms with E-state index in [2.05, 4.69) is 20.3 Å². The summed E-state index contributed by atoms with van der Waals surface area (Å²) < 4.78 is 13.2. The van der Waals surface area contributed by atoms with Crippen molar-refractivity contribution in [3.63, 3.8) is 0 Å². The van der Waals surface area contributed by atoms with Gasteiger partial charge in [0.25, 0.3) is 5.91 Å². The van der Waals surface area contributed by atoms with E-state index in [1.165, 1.54) is 71.2 Å². The molecule has 0 aromatic carbocycles. The van der Waals surface area contributed by atoms with Gasteiger partial charge in [-0.15, -0.1) is 0 Å². The van der Waals surface area contributed by atoms with Crippen LogP contribution < -0.4 is 3.53 Å². The number of piperidine rings is 2. The van der Waals surface area contributed by atoms with Crippen LogP contribution in [-0.2, 0) is 14.3 Å². The van der Waals surface area contributed by atoms with Gasteiger partial charge >= 0.3 is 0 Å². The van der Waals surface area contributed by atoms with E-state index in [-0.39, 0.29) is 12.5 Å². The van der Waals surface area contributed by atoms with E-state index in [0.717, 1.165) is 25.0 Å². The van der Waals surface area contributed by atoms with Crippen LogP contribution in [0.5, 0.6) is 0 Å². The monoisotopic (exact) mass is 495 g/mol. The lowest BCUT2D eigenvalue weighted by Gasteiger charge is -2.41. The molecule has 0 saturated carbocycles. The fraction of sp³-hybridized carbons (Fsp3) is 0.950. The van der Waals surface area contributed by atoms with E-state index >= 15 is 0 Å². The van der Waals surface area contributed by atoms with Crippen LogP contribution in [0.2, 0.25) is 0 Å². The summed E-state index contributed by atoms with van der Waals surface area (Å²) in [6.45, 7) is 10.8. The highest BCUT2D eigenvalue weighted by atomic mass is 127. The van der Waals surface area contributed by atoms with Crippen molar-refractivity contribution in [2.45, 2.75) is 57.9 Å². The third kappa shape index (κ3) is 9.87. The summed E-state index contributed by atoms with van der Waals surface area (Å²) in [5, 5.41) is 0. The summed E-state index contributed by atoms with van der Waals surface area (Å²) in [5.41, 5.74) is 0. The Morgan fingerprint density at radius 2 is 1.67 bits per heavy atom. The fourth-order valence-corrected chi connectivity index (χ4v) is 4.19. The van der Waals surface area contributed by atoms with E-state index < -0.39 is 0 Å². The van der Waals surface area contributed by atoms with Crippen molar-refractivity contribution < 1.29 is 14.3 Å². The molecule has 2 fully saturated rings. The zero-order chi connectivity index (χ0) is 19.3. The van der Waals surface area contributed by atoms with Crippen molar-refractivity contribution in [3.8, 4) is 0 Å². The minimum absolute atomic E-state index is 0.106. The molecule has 2 rings (SSSR count). The number of carbonyl (C=O) groups excluding carboxylic acids is 1. The average Bonchev–Trinajstić information content (AvgIpc) is 2.70. The maximum absolute atomic E-state index is 11.0. The van der Waals surface area contributed by atoms with E-state index in [0.29, 0.717) is 13.2 Å². The van der Waals surface area contributed by atoms with Crippen molar-refractivity contribution >= 4 is 28.8 Å². The molecule has 0 aliphatic carbocycles. The number of rotatable bonds is 12. The normalized spacial score (nSPS) is 20.8. The van der Waals surface area contributed by atoms with Gasteiger partial charge in [0, 0.05) is 12.6 Å². The fourth-order valence-electron chi connectivity index (χ4n) is 4.03. The van der Waals surface area contributed by atoms with E-state index in [4.69, 9.17) is 9.47 Å². The zero-order valence-corrected chi connectivity index (χ0v) is 19.1. The van der Waals surface area contributed by atoms with Crippen molar-refractivity contribution in [1.29, 1.82) is 0 Å². The molecule has 2 saturated heterocycles. The molecular weight excluding hydrogens is 457 g/mol. The first-order valence-electron chi connectivity index (χ1n) is 10.7. The standard InChI is InChI=1S/C20H38IN3O3/c1-18-5-12-24(13-6-18)19-7-10-23(11-8-19)9-3-2-4-14-26-15-16-27-17-20(25)22-21/h18-19H,2-17H2,1H3,(H,22,25). The number of likely N-dealkylation sites (tertiary alicyclic amines) is 2. The smallest absolute Gasteiger partial charge is 0.254 e. The Kier molecular flexibility index (Phi) is 12.2. The third-order valence-corrected chi connectivity index (χ3v) is 6.47. The Morgan fingerprint density at radius 1 is 0.963 bits per heavy atom. The molecule has 27 heavy (non-hydrogen) atoms. The van der Waals surface area contributed by atoms with Gasteiger partial charge in [-0.25, -0.2) is 0 Å². The number of nitrogens with one attached hydrogen (secondary N) is 1. The summed E-state index contributed by atoms with van der Waals surface area (Å²) >= 11 is 1.81. The topological polar surface area (TPSA) is 54.0 Å². The number of hydrogen-bond donors (Lipinski definition) is 1. The first kappa shape index (κ1) is 23.3. The van der Waals surface area contributed by atoms with Gasteiger partial charge < -0.3 is 19.3 Å². The predicted molar refractivity (Wildman–Crippen MR) is 117 cm³/mol. The van der Waals surface area contributed by atoms with Crippen molar-refractivity contribution in [3.05, 3.63) is 0 Å². The van der Waals surface area contributed by atoms with Crippen LogP contribution in [0.25, 0.3) is 0 Å². The molecule has 0 aromatic heterocycles. The summed E-state index contributed by atoms with van der Waals surface area (Å²) in [4.78, 5) is 16.4. The predicted octanol–water partition coefficient (Wildman–Crippen LogP) is 2.85. The maximum Gasteiger partial charge on any atom is 0.254 e. The van der Waals surface area contributed by atoms with Gasteiger partial charge in [0.05, 0.1) is 36.1 Å². The number of nitrogens with zero attached hydrogens (tertiary/aromatic N) is 2. The maximum atomic E-state index is 11.0. The molecule has 0 radical (unpaired) electrons. The Morgan fingerprint density at radius 3 is 2.37 bits per heavy atom. The molecule has 2 aliphatic rings. The van der Waals surface area contributed by atoms with Gasteiger partial charge in [-0.2, -0.15) is 0 Å². The minimum atomic E-state index is -0.106. The highest BCUT2D eigenvalue weighted by Crippen LogP contribution is 2.23. The Labute approximate surface area is 179 Å². The van der Waals surface area contributed by atoms with Crippen LogP contribution in [0.1, 0.15) is 51.9 Å². The quantitative estimate of drug-likeness (QED) is 0.257. The van der Waals surface area contributed by atoms with Crippen LogP contribution in [0.3, 0.4) is 0 Å². The average molecular weight is 495 g/mol. The van der Waals surface area contributed by atoms with Crippen LogP contribution >= 0.6 is 22.9 Å². The van der Waals surface area contributed by atoms with Gasteiger partial charge in [-0.1, -0.05) is 6.92 Å². The molecule has 0 unspecified atom stereocenters. The molecule has 0 bridgehead atoms. The second-order valence-electron chi connectivity index (χ2n) is 8.03. The Balaban J connectivity index is 1.38. The van der Waals surface area contributed by atoms with Crippen LogP contribution in [0.15, 0.2) is 0 Å². The summed E-state index contributed by atoms with van der Waals surface area (Å²) in [5.74, 6) is 0.824. The first-order valence-corrected chi connectivity index (χ1v) is 11.8. The molecule has 158 valence electrons. The van der Waals surface area contributed by atoms with Crippen LogP contribution in [-0.4, -0.2) is 80.9 Å². The number of carbonyl (C=O) groups is 1. The lowest BCUT2D eigenvalue weighted by atomic mass is 9.95. The molecule has 2 aliphatic heterocycles. The molecular formula is C20H38IN3O3. The van der Waals surface area contributed by atoms with Crippen LogP contribution in [0.4, 0.5) is 0 Å². The molecule has 1 N–H and O–H groups in total. The molecule has 1 amide bonds. The minimum Gasteiger partial charge on any atom is -0.379 e. The second kappa shape index (κ2) is 14.1. The zero-order valence-electron chi connectivity index (χ0n) is 17.0. The summed E-state index contributed by atoms with van der Waals surface area (Å²) in [6, 6.07) is 0.840. The van der Waals surface area contributed by atoms with Gasteiger partial charge in [-0.05, 0) is 83.6 Å². The molecule has 7 heteroatoms. The van der Waals surface area contributed by atoms with E-state index in [1.54, 1.807) is 0 Å². The van der Waals surface area contributed by atoms with Crippen LogP contribution in [0, 0.1) is 5.92 Å². The van der Waals surface area contributed by atoms with E-state index in [1.807, 2.05) is 22.9 Å². The summed E-state index contributed by atoms with van der Waals surface area (Å²) in [6.07, 6.45) is 9.09. The molecule has 6 nitrogen and oxygen atoms in total. The van der Waals surface area contributed by atoms with Gasteiger partial charge in [0.2, 0.25) is 0 Å². The number of ether oxygens (including phenoxy) is 2. The van der Waals surface area contributed by atoms with Gasteiger partial charge in [0.15, 0.2) is 0 Å². The van der Waals surface area contributed by atoms with Gasteiger partial charge in [0.1, 0.15) is 6.61 Å². The Bertz CT molecular complexity index is 398. The second-order valence-corrected chi connectivity index (χ2v) is 8.57. The van der Waals surface area contributed by atoms with Crippen molar-refractivity contribution in [2.24, 2.45) is 5.92 Å². The number of unbranched alkanes of at least 4 members (excludes halogenated alkanes) is 2. The van der Waals surface area contributed by atoms with E-state index in [9.17, 15) is 4.79 Å². The first-order chi connectivity index (χ1) is 13.2. The molecule has 2 heterocycles. The van der Waals surface area contributed by atoms with Crippen molar-refractivity contribution in [2.75, 3.05) is 59.2 Å². The Hall–Kier alpha value is 0.0400. The molecule has 0 spiro atoms.